The Kier molecular flexibility index (Phi) is 8.96. The third-order valence-corrected chi connectivity index (χ3v) is 19.1. The summed E-state index contributed by atoms with van der Waals surface area (Å²) in [4.78, 5) is 0. The lowest BCUT2D eigenvalue weighted by molar-refractivity contribution is 0.408. The Morgan fingerprint density at radius 2 is 0.833 bits per heavy atom. The minimum absolute atomic E-state index is 1.24. The molecule has 0 fully saturated rings. The van der Waals surface area contributed by atoms with E-state index < -0.39 is 25.9 Å². The van der Waals surface area contributed by atoms with Crippen LogP contribution in [0.15, 0.2) is 0 Å². The third kappa shape index (κ3) is 4.92. The van der Waals surface area contributed by atoms with Crippen molar-refractivity contribution in [1.82, 2.24) is 0 Å². The maximum atomic E-state index is 6.54. The van der Waals surface area contributed by atoms with Crippen molar-refractivity contribution in [3.8, 4) is 0 Å². The Balaban J connectivity index is 4.61. The van der Waals surface area contributed by atoms with Gasteiger partial charge in [0.05, 0.1) is 0 Å². The fraction of sp³-hybridized carbons (Fsp3) is 1.00. The van der Waals surface area contributed by atoms with Gasteiger partial charge in [0.2, 0.25) is 0 Å². The Bertz CT molecular complexity index is 178. The summed E-state index contributed by atoms with van der Waals surface area (Å²) in [6.45, 7) is 16.0. The Labute approximate surface area is 119 Å². The zero-order valence-corrected chi connectivity index (χ0v) is 16.8. The Morgan fingerprint density at radius 1 is 0.611 bits per heavy atom. The summed E-state index contributed by atoms with van der Waals surface area (Å²) < 4.78 is 13.1. The smallest absolute Gasteiger partial charge is 0.297 e. The zero-order valence-electron chi connectivity index (χ0n) is 13.6. The van der Waals surface area contributed by atoms with Gasteiger partial charge in [-0.3, -0.25) is 0 Å². The van der Waals surface area contributed by atoms with Crippen molar-refractivity contribution >= 4 is 25.9 Å². The molecular weight excluding hydrogens is 272 g/mol. The quantitative estimate of drug-likeness (QED) is 0.536. The monoisotopic (exact) mass is 306 g/mol. The van der Waals surface area contributed by atoms with Crippen LogP contribution in [0.4, 0.5) is 0 Å². The average molecular weight is 307 g/mol. The molecule has 0 unspecified atom stereocenters. The fourth-order valence-corrected chi connectivity index (χ4v) is 16.0. The van der Waals surface area contributed by atoms with Gasteiger partial charge in [0.15, 0.2) is 16.6 Å². The molecule has 0 rings (SSSR count). The molecule has 0 aliphatic rings. The van der Waals surface area contributed by atoms with Gasteiger partial charge in [-0.2, -0.15) is 0 Å². The van der Waals surface area contributed by atoms with Crippen molar-refractivity contribution in [2.24, 2.45) is 0 Å². The van der Waals surface area contributed by atoms with E-state index in [4.69, 9.17) is 8.23 Å². The molecule has 110 valence electrons. The van der Waals surface area contributed by atoms with Crippen molar-refractivity contribution in [3.05, 3.63) is 0 Å². The molecule has 0 aromatic rings. The lowest BCUT2D eigenvalue weighted by Gasteiger charge is -2.37. The second kappa shape index (κ2) is 8.68. The first kappa shape index (κ1) is 18.6. The molecule has 5 heteroatoms. The van der Waals surface area contributed by atoms with E-state index in [0.29, 0.717) is 0 Å². The van der Waals surface area contributed by atoms with Gasteiger partial charge in [-0.05, 0) is 42.8 Å². The van der Waals surface area contributed by atoms with E-state index in [2.05, 4.69) is 48.1 Å². The highest BCUT2D eigenvalue weighted by Gasteiger charge is 2.36. The molecule has 0 aromatic heterocycles. The molecule has 0 radical (unpaired) electrons. The summed E-state index contributed by atoms with van der Waals surface area (Å²) in [5, 5.41) is 0. The van der Waals surface area contributed by atoms with E-state index >= 15 is 0 Å². The number of rotatable bonds is 10. The molecule has 0 amide bonds. The third-order valence-electron chi connectivity index (χ3n) is 4.70. The molecule has 0 saturated carbocycles. The minimum Gasteiger partial charge on any atom is -0.438 e. The lowest BCUT2D eigenvalue weighted by atomic mass is 10.9. The van der Waals surface area contributed by atoms with Crippen LogP contribution in [0.2, 0.25) is 42.8 Å². The fourth-order valence-electron chi connectivity index (χ4n) is 2.73. The molecule has 0 atom stereocenters. The van der Waals surface area contributed by atoms with Crippen LogP contribution in [0.25, 0.3) is 0 Å². The normalized spacial score (nSPS) is 13.3. The number of hydrogen-bond acceptors (Lipinski definition) is 2. The molecule has 0 bridgehead atoms. The molecular formula is C13H34O2Si3. The zero-order chi connectivity index (χ0) is 14.2. The van der Waals surface area contributed by atoms with Crippen molar-refractivity contribution in [3.63, 3.8) is 0 Å². The van der Waals surface area contributed by atoms with Crippen LogP contribution in [-0.4, -0.2) is 25.9 Å². The van der Waals surface area contributed by atoms with Crippen LogP contribution in [0.1, 0.15) is 41.5 Å². The topological polar surface area (TPSA) is 18.5 Å². The first-order valence-corrected chi connectivity index (χ1v) is 15.0. The van der Waals surface area contributed by atoms with Crippen LogP contribution >= 0.6 is 0 Å². The van der Waals surface area contributed by atoms with Gasteiger partial charge in [-0.1, -0.05) is 41.5 Å². The maximum Gasteiger partial charge on any atom is 0.297 e. The lowest BCUT2D eigenvalue weighted by Crippen LogP contribution is -2.48. The largest absolute Gasteiger partial charge is 0.438 e. The highest BCUT2D eigenvalue weighted by Crippen LogP contribution is 2.27. The molecule has 0 spiro atoms. The molecule has 18 heavy (non-hydrogen) atoms. The van der Waals surface area contributed by atoms with Crippen LogP contribution in [-0.2, 0) is 8.23 Å². The SMILES string of the molecule is CC[Si](CC)(CC)O[SiH](C)O[Si](CC)(CC)CC. The van der Waals surface area contributed by atoms with Gasteiger partial charge in [0, 0.05) is 0 Å². The van der Waals surface area contributed by atoms with Gasteiger partial charge in [0.1, 0.15) is 0 Å². The molecule has 0 saturated heterocycles. The summed E-state index contributed by atoms with van der Waals surface area (Å²) >= 11 is 0. The second-order valence-electron chi connectivity index (χ2n) is 5.29. The molecule has 0 aromatic carbocycles. The first-order valence-electron chi connectivity index (χ1n) is 7.82. The first-order chi connectivity index (χ1) is 8.46. The van der Waals surface area contributed by atoms with Crippen LogP contribution < -0.4 is 0 Å². The second-order valence-corrected chi connectivity index (χ2v) is 17.3. The highest BCUT2D eigenvalue weighted by molar-refractivity contribution is 6.83. The van der Waals surface area contributed by atoms with Gasteiger partial charge in [-0.15, -0.1) is 0 Å². The Hall–Kier alpha value is 0.571. The standard InChI is InChI=1S/C13H34O2Si3/c1-8-17(9-2,10-3)14-16(7)15-18(11-4,12-5)13-6/h16H,8-13H2,1-7H3. The number of hydrogen-bond donors (Lipinski definition) is 0. The summed E-state index contributed by atoms with van der Waals surface area (Å²) in [5.41, 5.74) is 0. The minimum atomic E-state index is -1.46. The summed E-state index contributed by atoms with van der Waals surface area (Å²) in [5.74, 6) is 0. The summed E-state index contributed by atoms with van der Waals surface area (Å²) in [6, 6.07) is 7.41. The molecule has 0 heterocycles. The van der Waals surface area contributed by atoms with Gasteiger partial charge < -0.3 is 8.23 Å². The maximum absolute atomic E-state index is 6.54. The van der Waals surface area contributed by atoms with Gasteiger partial charge >= 0.3 is 0 Å². The van der Waals surface area contributed by atoms with Gasteiger partial charge in [0.25, 0.3) is 9.28 Å². The van der Waals surface area contributed by atoms with Crippen molar-refractivity contribution in [2.75, 3.05) is 0 Å². The highest BCUT2D eigenvalue weighted by atomic mass is 28.4. The van der Waals surface area contributed by atoms with Crippen molar-refractivity contribution in [1.29, 1.82) is 0 Å². The van der Waals surface area contributed by atoms with Crippen LogP contribution in [0, 0.1) is 0 Å². The average Bonchev–Trinajstić information content (AvgIpc) is 2.42. The van der Waals surface area contributed by atoms with E-state index in [9.17, 15) is 0 Å². The van der Waals surface area contributed by atoms with Crippen molar-refractivity contribution in [2.45, 2.75) is 84.4 Å². The van der Waals surface area contributed by atoms with Gasteiger partial charge in [-0.25, -0.2) is 0 Å². The van der Waals surface area contributed by atoms with E-state index in [1.54, 1.807) is 0 Å². The van der Waals surface area contributed by atoms with Crippen LogP contribution in [0.3, 0.4) is 0 Å². The molecule has 0 aliphatic carbocycles. The van der Waals surface area contributed by atoms with E-state index in [-0.39, 0.29) is 0 Å². The Morgan fingerprint density at radius 3 is 1.00 bits per heavy atom. The predicted octanol–water partition coefficient (Wildman–Crippen LogP) is 4.88. The van der Waals surface area contributed by atoms with Crippen LogP contribution in [0.5, 0.6) is 0 Å². The predicted molar refractivity (Wildman–Crippen MR) is 89.6 cm³/mol. The molecule has 0 aliphatic heterocycles. The molecule has 2 nitrogen and oxygen atoms in total. The van der Waals surface area contributed by atoms with E-state index in [0.717, 1.165) is 0 Å². The molecule has 0 N–H and O–H groups in total. The van der Waals surface area contributed by atoms with E-state index in [1.807, 2.05) is 0 Å². The summed E-state index contributed by atoms with van der Waals surface area (Å²) in [7, 11) is -4.35. The summed E-state index contributed by atoms with van der Waals surface area (Å²) in [6.07, 6.45) is 0. The van der Waals surface area contributed by atoms with Crippen molar-refractivity contribution < 1.29 is 8.23 Å². The van der Waals surface area contributed by atoms with E-state index in [1.165, 1.54) is 36.3 Å².